The minimum Gasteiger partial charge on any atom is -0.360 e. The van der Waals surface area contributed by atoms with Gasteiger partial charge in [-0.15, -0.1) is 0 Å². The number of hydrogen-bond donors (Lipinski definition) is 2. The molecule has 0 heterocycles. The van der Waals surface area contributed by atoms with Gasteiger partial charge in [-0.3, -0.25) is 4.79 Å². The van der Waals surface area contributed by atoms with Gasteiger partial charge in [-0.2, -0.15) is 18.4 Å². The summed E-state index contributed by atoms with van der Waals surface area (Å²) in [6.45, 7) is 5.61. The first-order valence-corrected chi connectivity index (χ1v) is 8.05. The minimum atomic E-state index is -4.47. The SMILES string of the molecule is Cc1cc(C)c(NC(=O)/C(C#N)=C\Nc2cccc(C(F)(F)F)c2)c(C)c1. The van der Waals surface area contributed by atoms with Crippen LogP contribution in [0.1, 0.15) is 22.3 Å². The van der Waals surface area contributed by atoms with Crippen LogP contribution in [0.3, 0.4) is 0 Å². The van der Waals surface area contributed by atoms with Crippen molar-refractivity contribution in [3.63, 3.8) is 0 Å². The van der Waals surface area contributed by atoms with Gasteiger partial charge in [-0.05, 0) is 50.1 Å². The highest BCUT2D eigenvalue weighted by Crippen LogP contribution is 2.30. The Labute approximate surface area is 155 Å². The molecule has 0 saturated heterocycles. The highest BCUT2D eigenvalue weighted by Gasteiger charge is 2.30. The highest BCUT2D eigenvalue weighted by molar-refractivity contribution is 6.07. The molecule has 0 aliphatic rings. The largest absolute Gasteiger partial charge is 0.416 e. The molecular formula is C20H18F3N3O. The second-order valence-corrected chi connectivity index (χ2v) is 6.12. The first kappa shape index (κ1) is 20.0. The van der Waals surface area contributed by atoms with Gasteiger partial charge < -0.3 is 10.6 Å². The molecule has 0 aliphatic heterocycles. The lowest BCUT2D eigenvalue weighted by Crippen LogP contribution is -2.16. The zero-order valence-electron chi connectivity index (χ0n) is 15.0. The van der Waals surface area contributed by atoms with Gasteiger partial charge in [0.2, 0.25) is 0 Å². The van der Waals surface area contributed by atoms with Crippen LogP contribution in [0.25, 0.3) is 0 Å². The maximum absolute atomic E-state index is 12.7. The van der Waals surface area contributed by atoms with Crippen LogP contribution in [0.2, 0.25) is 0 Å². The molecule has 27 heavy (non-hydrogen) atoms. The third kappa shape index (κ3) is 5.11. The van der Waals surface area contributed by atoms with E-state index in [-0.39, 0.29) is 11.3 Å². The summed E-state index contributed by atoms with van der Waals surface area (Å²) >= 11 is 0. The minimum absolute atomic E-state index is 0.119. The molecule has 0 fully saturated rings. The van der Waals surface area contributed by atoms with Gasteiger partial charge in [0.05, 0.1) is 5.56 Å². The molecule has 4 nitrogen and oxygen atoms in total. The summed E-state index contributed by atoms with van der Waals surface area (Å²) < 4.78 is 38.2. The maximum atomic E-state index is 12.7. The van der Waals surface area contributed by atoms with Gasteiger partial charge in [-0.1, -0.05) is 23.8 Å². The lowest BCUT2D eigenvalue weighted by atomic mass is 10.0. The van der Waals surface area contributed by atoms with Crippen molar-refractivity contribution < 1.29 is 18.0 Å². The third-order valence-corrected chi connectivity index (χ3v) is 3.85. The molecular weight excluding hydrogens is 355 g/mol. The number of carbonyl (C=O) groups is 1. The molecule has 0 spiro atoms. The molecule has 0 unspecified atom stereocenters. The number of hydrogen-bond acceptors (Lipinski definition) is 3. The summed E-state index contributed by atoms with van der Waals surface area (Å²) in [6, 6.07) is 10.0. The van der Waals surface area contributed by atoms with Crippen molar-refractivity contribution in [2.45, 2.75) is 26.9 Å². The monoisotopic (exact) mass is 373 g/mol. The molecule has 2 N–H and O–H groups in total. The summed E-state index contributed by atoms with van der Waals surface area (Å²) in [6.07, 6.45) is -3.39. The lowest BCUT2D eigenvalue weighted by Gasteiger charge is -2.12. The standard InChI is InChI=1S/C20H18F3N3O/c1-12-7-13(2)18(14(3)8-12)26-19(27)15(10-24)11-25-17-6-4-5-16(9-17)20(21,22)23/h4-9,11,25H,1-3H3,(H,26,27)/b15-11-. The van der Waals surface area contributed by atoms with Crippen molar-refractivity contribution in [1.29, 1.82) is 5.26 Å². The van der Waals surface area contributed by atoms with Gasteiger partial charge in [0.25, 0.3) is 5.91 Å². The van der Waals surface area contributed by atoms with Crippen molar-refractivity contribution in [2.24, 2.45) is 0 Å². The Morgan fingerprint density at radius 3 is 2.30 bits per heavy atom. The molecule has 2 aromatic rings. The van der Waals surface area contributed by atoms with Crippen molar-refractivity contribution in [1.82, 2.24) is 0 Å². The topological polar surface area (TPSA) is 64.9 Å². The van der Waals surface area contributed by atoms with E-state index < -0.39 is 17.6 Å². The number of aryl methyl sites for hydroxylation is 3. The van der Waals surface area contributed by atoms with Crippen LogP contribution in [-0.4, -0.2) is 5.91 Å². The number of amides is 1. The van der Waals surface area contributed by atoms with Gasteiger partial charge in [0.1, 0.15) is 11.6 Å². The fourth-order valence-electron chi connectivity index (χ4n) is 2.65. The molecule has 0 aliphatic carbocycles. The Morgan fingerprint density at radius 2 is 1.74 bits per heavy atom. The molecule has 0 saturated carbocycles. The van der Waals surface area contributed by atoms with Crippen LogP contribution < -0.4 is 10.6 Å². The molecule has 2 rings (SSSR count). The Kier molecular flexibility index (Phi) is 5.91. The van der Waals surface area contributed by atoms with Gasteiger partial charge in [0.15, 0.2) is 0 Å². The summed E-state index contributed by atoms with van der Waals surface area (Å²) in [7, 11) is 0. The van der Waals surface area contributed by atoms with Crippen LogP contribution in [0.15, 0.2) is 48.2 Å². The third-order valence-electron chi connectivity index (χ3n) is 3.85. The molecule has 0 atom stereocenters. The number of benzene rings is 2. The average molecular weight is 373 g/mol. The number of rotatable bonds is 4. The normalized spacial score (nSPS) is 11.7. The van der Waals surface area contributed by atoms with E-state index in [1.54, 1.807) is 6.07 Å². The van der Waals surface area contributed by atoms with E-state index in [2.05, 4.69) is 10.6 Å². The molecule has 2 aromatic carbocycles. The van der Waals surface area contributed by atoms with Crippen molar-refractivity contribution in [3.8, 4) is 6.07 Å². The zero-order chi connectivity index (χ0) is 20.2. The van der Waals surface area contributed by atoms with E-state index in [1.165, 1.54) is 12.1 Å². The predicted molar refractivity (Wildman–Crippen MR) is 98.0 cm³/mol. The molecule has 7 heteroatoms. The van der Waals surface area contributed by atoms with E-state index >= 15 is 0 Å². The van der Waals surface area contributed by atoms with Gasteiger partial charge in [0, 0.05) is 17.6 Å². The van der Waals surface area contributed by atoms with Crippen molar-refractivity contribution >= 4 is 17.3 Å². The second kappa shape index (κ2) is 7.96. The van der Waals surface area contributed by atoms with E-state index in [4.69, 9.17) is 0 Å². The molecule has 0 aromatic heterocycles. The lowest BCUT2D eigenvalue weighted by molar-refractivity contribution is -0.137. The average Bonchev–Trinajstić information content (AvgIpc) is 2.58. The number of nitrogens with one attached hydrogen (secondary N) is 2. The van der Waals surface area contributed by atoms with Crippen LogP contribution in [0, 0.1) is 32.1 Å². The maximum Gasteiger partial charge on any atom is 0.416 e. The van der Waals surface area contributed by atoms with Crippen molar-refractivity contribution in [3.05, 3.63) is 70.4 Å². The predicted octanol–water partition coefficient (Wildman–Crippen LogP) is 5.09. The van der Waals surface area contributed by atoms with E-state index in [1.807, 2.05) is 32.9 Å². The first-order valence-electron chi connectivity index (χ1n) is 8.05. The second-order valence-electron chi connectivity index (χ2n) is 6.12. The molecule has 1 amide bonds. The Bertz CT molecular complexity index is 917. The van der Waals surface area contributed by atoms with E-state index in [0.29, 0.717) is 5.69 Å². The fraction of sp³-hybridized carbons (Fsp3) is 0.200. The number of anilines is 2. The van der Waals surface area contributed by atoms with E-state index in [0.717, 1.165) is 35.0 Å². The summed E-state index contributed by atoms with van der Waals surface area (Å²) in [5, 5.41) is 14.5. The summed E-state index contributed by atoms with van der Waals surface area (Å²) in [5.74, 6) is -0.646. The molecule has 140 valence electrons. The number of halogens is 3. The molecule has 0 bridgehead atoms. The van der Waals surface area contributed by atoms with E-state index in [9.17, 15) is 23.2 Å². The number of nitriles is 1. The Hall–Kier alpha value is -3.27. The Morgan fingerprint density at radius 1 is 1.11 bits per heavy atom. The quantitative estimate of drug-likeness (QED) is 0.580. The van der Waals surface area contributed by atoms with Crippen LogP contribution >= 0.6 is 0 Å². The zero-order valence-corrected chi connectivity index (χ0v) is 15.0. The smallest absolute Gasteiger partial charge is 0.360 e. The fourth-order valence-corrected chi connectivity index (χ4v) is 2.65. The number of nitrogens with zero attached hydrogens (tertiary/aromatic N) is 1. The Balaban J connectivity index is 2.20. The number of alkyl halides is 3. The van der Waals surface area contributed by atoms with Crippen molar-refractivity contribution in [2.75, 3.05) is 10.6 Å². The van der Waals surface area contributed by atoms with Crippen LogP contribution in [-0.2, 0) is 11.0 Å². The molecule has 0 radical (unpaired) electrons. The summed E-state index contributed by atoms with van der Waals surface area (Å²) in [4.78, 5) is 12.4. The van der Waals surface area contributed by atoms with Crippen LogP contribution in [0.5, 0.6) is 0 Å². The number of carbonyl (C=O) groups excluding carboxylic acids is 1. The van der Waals surface area contributed by atoms with Gasteiger partial charge in [-0.25, -0.2) is 0 Å². The highest BCUT2D eigenvalue weighted by atomic mass is 19.4. The first-order chi connectivity index (χ1) is 12.6. The van der Waals surface area contributed by atoms with Crippen LogP contribution in [0.4, 0.5) is 24.5 Å². The van der Waals surface area contributed by atoms with Gasteiger partial charge >= 0.3 is 6.18 Å². The summed E-state index contributed by atoms with van der Waals surface area (Å²) in [5.41, 5.74) is 2.39.